The monoisotopic (exact) mass is 438 g/mol. The molecule has 0 radical (unpaired) electrons. The van der Waals surface area contributed by atoms with Crippen molar-refractivity contribution < 1.29 is 13.2 Å². The van der Waals surface area contributed by atoms with Crippen LogP contribution in [0.1, 0.15) is 38.3 Å². The van der Waals surface area contributed by atoms with Gasteiger partial charge in [0.2, 0.25) is 15.9 Å². The SMILES string of the molecule is CCCC(NS(=O)(=O)c1ccc(Br)cc1)C(=O)NC(C)c1ccccc1. The highest BCUT2D eigenvalue weighted by Gasteiger charge is 2.26. The lowest BCUT2D eigenvalue weighted by Crippen LogP contribution is -2.47. The zero-order chi connectivity index (χ0) is 19.2. The Hall–Kier alpha value is -1.70. The maximum Gasteiger partial charge on any atom is 0.241 e. The minimum Gasteiger partial charge on any atom is -0.348 e. The molecule has 2 aromatic carbocycles. The fourth-order valence-electron chi connectivity index (χ4n) is 2.54. The minimum absolute atomic E-state index is 0.130. The van der Waals surface area contributed by atoms with Gasteiger partial charge in [-0.2, -0.15) is 4.72 Å². The molecule has 0 saturated heterocycles. The summed E-state index contributed by atoms with van der Waals surface area (Å²) in [6.45, 7) is 3.79. The molecule has 0 aromatic heterocycles. The Balaban J connectivity index is 2.12. The molecule has 140 valence electrons. The standard InChI is InChI=1S/C19H23BrN2O3S/c1-3-7-18(19(23)21-14(2)15-8-5-4-6-9-15)22-26(24,25)17-12-10-16(20)11-13-17/h4-6,8-14,18,22H,3,7H2,1-2H3,(H,21,23). The van der Waals surface area contributed by atoms with Crippen molar-refractivity contribution in [3.63, 3.8) is 0 Å². The molecule has 0 heterocycles. The van der Waals surface area contributed by atoms with Gasteiger partial charge in [-0.05, 0) is 43.2 Å². The molecule has 2 unspecified atom stereocenters. The van der Waals surface area contributed by atoms with Gasteiger partial charge in [0.25, 0.3) is 0 Å². The topological polar surface area (TPSA) is 75.3 Å². The fourth-order valence-corrected chi connectivity index (χ4v) is 4.03. The van der Waals surface area contributed by atoms with E-state index in [1.807, 2.05) is 44.2 Å². The number of sulfonamides is 1. The van der Waals surface area contributed by atoms with Crippen LogP contribution >= 0.6 is 15.9 Å². The smallest absolute Gasteiger partial charge is 0.241 e. The van der Waals surface area contributed by atoms with E-state index in [0.29, 0.717) is 12.8 Å². The van der Waals surface area contributed by atoms with E-state index in [0.717, 1.165) is 10.0 Å². The van der Waals surface area contributed by atoms with Crippen LogP contribution in [-0.2, 0) is 14.8 Å². The Morgan fingerprint density at radius 2 is 1.69 bits per heavy atom. The lowest BCUT2D eigenvalue weighted by Gasteiger charge is -2.21. The van der Waals surface area contributed by atoms with Gasteiger partial charge >= 0.3 is 0 Å². The summed E-state index contributed by atoms with van der Waals surface area (Å²) in [5.41, 5.74) is 0.965. The molecule has 26 heavy (non-hydrogen) atoms. The first-order valence-corrected chi connectivity index (χ1v) is 10.7. The highest BCUT2D eigenvalue weighted by molar-refractivity contribution is 9.10. The van der Waals surface area contributed by atoms with Crippen LogP contribution in [0.15, 0.2) is 64.0 Å². The average molecular weight is 439 g/mol. The molecule has 0 aliphatic rings. The van der Waals surface area contributed by atoms with Crippen molar-refractivity contribution in [2.24, 2.45) is 0 Å². The van der Waals surface area contributed by atoms with Crippen LogP contribution in [0.3, 0.4) is 0 Å². The lowest BCUT2D eigenvalue weighted by atomic mass is 10.1. The fraction of sp³-hybridized carbons (Fsp3) is 0.316. The number of rotatable bonds is 8. The number of hydrogen-bond acceptors (Lipinski definition) is 3. The highest BCUT2D eigenvalue weighted by atomic mass is 79.9. The summed E-state index contributed by atoms with van der Waals surface area (Å²) in [4.78, 5) is 12.8. The second kappa shape index (κ2) is 9.30. The van der Waals surface area contributed by atoms with E-state index < -0.39 is 16.1 Å². The van der Waals surface area contributed by atoms with E-state index in [9.17, 15) is 13.2 Å². The third-order valence-electron chi connectivity index (χ3n) is 3.97. The molecule has 0 spiro atoms. The molecule has 0 saturated carbocycles. The van der Waals surface area contributed by atoms with Gasteiger partial charge in [0.1, 0.15) is 6.04 Å². The van der Waals surface area contributed by atoms with Crippen LogP contribution in [-0.4, -0.2) is 20.4 Å². The lowest BCUT2D eigenvalue weighted by molar-refractivity contribution is -0.123. The summed E-state index contributed by atoms with van der Waals surface area (Å²) in [5, 5.41) is 2.89. The molecule has 7 heteroatoms. The van der Waals surface area contributed by atoms with Crippen molar-refractivity contribution in [3.8, 4) is 0 Å². The first-order valence-electron chi connectivity index (χ1n) is 8.46. The molecule has 0 bridgehead atoms. The number of nitrogens with one attached hydrogen (secondary N) is 2. The molecule has 2 aromatic rings. The second-order valence-electron chi connectivity index (χ2n) is 6.06. The molecule has 0 aliphatic carbocycles. The van der Waals surface area contributed by atoms with Crippen molar-refractivity contribution in [1.29, 1.82) is 0 Å². The van der Waals surface area contributed by atoms with Crippen molar-refractivity contribution in [2.75, 3.05) is 0 Å². The molecule has 5 nitrogen and oxygen atoms in total. The van der Waals surface area contributed by atoms with Gasteiger partial charge in [0.15, 0.2) is 0 Å². The first-order chi connectivity index (χ1) is 12.3. The predicted molar refractivity (Wildman–Crippen MR) is 106 cm³/mol. The van der Waals surface area contributed by atoms with E-state index >= 15 is 0 Å². The zero-order valence-corrected chi connectivity index (χ0v) is 17.2. The summed E-state index contributed by atoms with van der Waals surface area (Å²) >= 11 is 3.28. The Kier molecular flexibility index (Phi) is 7.37. The van der Waals surface area contributed by atoms with Crippen molar-refractivity contribution >= 4 is 31.9 Å². The van der Waals surface area contributed by atoms with Gasteiger partial charge in [-0.3, -0.25) is 4.79 Å². The van der Waals surface area contributed by atoms with Gasteiger partial charge in [-0.15, -0.1) is 0 Å². The van der Waals surface area contributed by atoms with Gasteiger partial charge in [0, 0.05) is 4.47 Å². The van der Waals surface area contributed by atoms with Gasteiger partial charge in [-0.25, -0.2) is 8.42 Å². The molecular formula is C19H23BrN2O3S. The number of benzene rings is 2. The third kappa shape index (κ3) is 5.65. The average Bonchev–Trinajstić information content (AvgIpc) is 2.62. The Morgan fingerprint density at radius 3 is 2.27 bits per heavy atom. The molecular weight excluding hydrogens is 416 g/mol. The summed E-state index contributed by atoms with van der Waals surface area (Å²) in [5.74, 6) is -0.330. The number of carbonyl (C=O) groups is 1. The second-order valence-corrected chi connectivity index (χ2v) is 8.69. The van der Waals surface area contributed by atoms with E-state index in [2.05, 4.69) is 26.0 Å². The third-order valence-corrected chi connectivity index (χ3v) is 5.99. The molecule has 0 fully saturated rings. The van der Waals surface area contributed by atoms with Crippen molar-refractivity contribution in [1.82, 2.24) is 10.0 Å². The summed E-state index contributed by atoms with van der Waals surface area (Å²) in [7, 11) is -3.78. The summed E-state index contributed by atoms with van der Waals surface area (Å²) in [6.07, 6.45) is 1.10. The van der Waals surface area contributed by atoms with Gasteiger partial charge in [0.05, 0.1) is 10.9 Å². The highest BCUT2D eigenvalue weighted by Crippen LogP contribution is 2.16. The van der Waals surface area contributed by atoms with Crippen LogP contribution in [0.25, 0.3) is 0 Å². The Bertz CT molecular complexity index is 824. The summed E-state index contributed by atoms with van der Waals surface area (Å²) < 4.78 is 28.5. The number of carbonyl (C=O) groups excluding carboxylic acids is 1. The van der Waals surface area contributed by atoms with Crippen LogP contribution in [0.4, 0.5) is 0 Å². The van der Waals surface area contributed by atoms with Crippen molar-refractivity contribution in [2.45, 2.75) is 43.7 Å². The molecule has 2 rings (SSSR count). The predicted octanol–water partition coefficient (Wildman–Crippen LogP) is 3.77. The number of amides is 1. The maximum atomic E-state index is 12.6. The van der Waals surface area contributed by atoms with Gasteiger partial charge in [-0.1, -0.05) is 59.6 Å². The zero-order valence-electron chi connectivity index (χ0n) is 14.8. The van der Waals surface area contributed by atoms with E-state index in [-0.39, 0.29) is 16.8 Å². The van der Waals surface area contributed by atoms with Crippen molar-refractivity contribution in [3.05, 3.63) is 64.6 Å². The number of halogens is 1. The van der Waals surface area contributed by atoms with Crippen LogP contribution in [0.2, 0.25) is 0 Å². The normalized spacial score (nSPS) is 13.8. The number of hydrogen-bond donors (Lipinski definition) is 2. The molecule has 2 atom stereocenters. The quantitative estimate of drug-likeness (QED) is 0.658. The van der Waals surface area contributed by atoms with Gasteiger partial charge < -0.3 is 5.32 Å². The van der Waals surface area contributed by atoms with Crippen LogP contribution in [0.5, 0.6) is 0 Å². The van der Waals surface area contributed by atoms with E-state index in [4.69, 9.17) is 0 Å². The molecule has 2 N–H and O–H groups in total. The minimum atomic E-state index is -3.78. The summed E-state index contributed by atoms with van der Waals surface area (Å²) in [6, 6.07) is 14.8. The largest absolute Gasteiger partial charge is 0.348 e. The van der Waals surface area contributed by atoms with Crippen LogP contribution < -0.4 is 10.0 Å². The maximum absolute atomic E-state index is 12.6. The Labute approximate surface area is 163 Å². The Morgan fingerprint density at radius 1 is 1.08 bits per heavy atom. The van der Waals surface area contributed by atoms with E-state index in [1.54, 1.807) is 12.1 Å². The van der Waals surface area contributed by atoms with Crippen LogP contribution in [0, 0.1) is 0 Å². The molecule has 1 amide bonds. The van der Waals surface area contributed by atoms with E-state index in [1.165, 1.54) is 12.1 Å². The first kappa shape index (κ1) is 20.6. The molecule has 0 aliphatic heterocycles.